The molecule has 4 rings (SSSR count). The van der Waals surface area contributed by atoms with Crippen molar-refractivity contribution in [3.63, 3.8) is 0 Å². The topological polar surface area (TPSA) is 60.7 Å². The fourth-order valence-electron chi connectivity index (χ4n) is 9.55. The van der Waals surface area contributed by atoms with Crippen LogP contribution in [0.25, 0.3) is 0 Å². The van der Waals surface area contributed by atoms with Crippen molar-refractivity contribution < 1.29 is 15.3 Å². The molecule has 0 aromatic rings. The van der Waals surface area contributed by atoms with Crippen molar-refractivity contribution in [3.8, 4) is 0 Å². The molecule has 4 aliphatic rings. The summed E-state index contributed by atoms with van der Waals surface area (Å²) in [6.07, 6.45) is 10.9. The van der Waals surface area contributed by atoms with Gasteiger partial charge in [-0.1, -0.05) is 34.1 Å². The zero-order valence-electron chi connectivity index (χ0n) is 19.3. The smallest absolute Gasteiger partial charge is 0.0605 e. The normalized spacial score (nSPS) is 53.1. The summed E-state index contributed by atoms with van der Waals surface area (Å²) >= 11 is 0. The lowest BCUT2D eigenvalue weighted by Crippen LogP contribution is -2.62. The molecular formula is C26H46O3. The SMILES string of the molecule is CC[C@@H]1[C@H](O)[C@@H]2[C@H](CC[C@]3(C)[C@@H]([C@H](C)CCCO)CC[C@@H]23)[C@@]2(C)CC[C@@H](O)C[C@@H]12. The number of rotatable bonds is 5. The van der Waals surface area contributed by atoms with Gasteiger partial charge in [-0.2, -0.15) is 0 Å². The molecule has 3 N–H and O–H groups in total. The molecule has 4 fully saturated rings. The molecule has 3 nitrogen and oxygen atoms in total. The van der Waals surface area contributed by atoms with Gasteiger partial charge in [0.15, 0.2) is 0 Å². The second kappa shape index (κ2) is 8.10. The maximum atomic E-state index is 11.7. The van der Waals surface area contributed by atoms with Gasteiger partial charge in [0, 0.05) is 6.61 Å². The second-order valence-corrected chi connectivity index (χ2v) is 12.0. The van der Waals surface area contributed by atoms with Crippen LogP contribution in [0, 0.1) is 52.3 Å². The van der Waals surface area contributed by atoms with E-state index in [2.05, 4.69) is 27.7 Å². The third-order valence-electron chi connectivity index (χ3n) is 11.0. The maximum absolute atomic E-state index is 11.7. The number of aliphatic hydroxyl groups is 3. The molecule has 4 saturated carbocycles. The molecule has 0 saturated heterocycles. The van der Waals surface area contributed by atoms with E-state index in [-0.39, 0.29) is 12.2 Å². The summed E-state index contributed by atoms with van der Waals surface area (Å²) in [7, 11) is 0. The lowest BCUT2D eigenvalue weighted by Gasteiger charge is -2.64. The summed E-state index contributed by atoms with van der Waals surface area (Å²) in [5, 5.41) is 31.4. The molecule has 0 unspecified atom stereocenters. The van der Waals surface area contributed by atoms with Crippen molar-refractivity contribution >= 4 is 0 Å². The Morgan fingerprint density at radius 3 is 2.31 bits per heavy atom. The molecule has 168 valence electrons. The van der Waals surface area contributed by atoms with E-state index in [0.29, 0.717) is 52.9 Å². The van der Waals surface area contributed by atoms with Gasteiger partial charge in [0.1, 0.15) is 0 Å². The summed E-state index contributed by atoms with van der Waals surface area (Å²) in [4.78, 5) is 0. The van der Waals surface area contributed by atoms with E-state index >= 15 is 0 Å². The van der Waals surface area contributed by atoms with Gasteiger partial charge in [-0.15, -0.1) is 0 Å². The van der Waals surface area contributed by atoms with Gasteiger partial charge in [0.25, 0.3) is 0 Å². The molecule has 0 spiro atoms. The second-order valence-electron chi connectivity index (χ2n) is 12.0. The number of hydrogen-bond donors (Lipinski definition) is 3. The molecule has 4 aliphatic carbocycles. The van der Waals surface area contributed by atoms with Gasteiger partial charge in [-0.05, 0) is 110 Å². The highest BCUT2D eigenvalue weighted by molar-refractivity contribution is 5.13. The van der Waals surface area contributed by atoms with Crippen molar-refractivity contribution in [1.82, 2.24) is 0 Å². The van der Waals surface area contributed by atoms with E-state index in [1.807, 2.05) is 0 Å². The van der Waals surface area contributed by atoms with Crippen molar-refractivity contribution in [3.05, 3.63) is 0 Å². The first kappa shape index (κ1) is 22.1. The molecule has 29 heavy (non-hydrogen) atoms. The minimum atomic E-state index is -0.190. The predicted octanol–water partition coefficient (Wildman–Crippen LogP) is 5.02. The third kappa shape index (κ3) is 3.33. The first-order valence-corrected chi connectivity index (χ1v) is 12.7. The Balaban J connectivity index is 1.63. The van der Waals surface area contributed by atoms with Gasteiger partial charge in [-0.25, -0.2) is 0 Å². The van der Waals surface area contributed by atoms with Crippen LogP contribution < -0.4 is 0 Å². The lowest BCUT2D eigenvalue weighted by molar-refractivity contribution is -0.203. The monoisotopic (exact) mass is 406 g/mol. The molecule has 0 aliphatic heterocycles. The summed E-state index contributed by atoms with van der Waals surface area (Å²) in [5.41, 5.74) is 0.651. The van der Waals surface area contributed by atoms with E-state index in [4.69, 9.17) is 0 Å². The van der Waals surface area contributed by atoms with Crippen molar-refractivity contribution in [1.29, 1.82) is 0 Å². The average Bonchev–Trinajstić information content (AvgIpc) is 3.05. The maximum Gasteiger partial charge on any atom is 0.0605 e. The quantitative estimate of drug-likeness (QED) is 0.601. The molecular weight excluding hydrogens is 360 g/mol. The molecule has 0 radical (unpaired) electrons. The molecule has 0 heterocycles. The van der Waals surface area contributed by atoms with Crippen molar-refractivity contribution in [2.75, 3.05) is 6.61 Å². The molecule has 0 aromatic heterocycles. The lowest BCUT2D eigenvalue weighted by atomic mass is 9.41. The highest BCUT2D eigenvalue weighted by Gasteiger charge is 2.64. The van der Waals surface area contributed by atoms with Crippen LogP contribution in [0.1, 0.15) is 91.9 Å². The van der Waals surface area contributed by atoms with Crippen LogP contribution in [0.4, 0.5) is 0 Å². The molecule has 0 bridgehead atoms. The number of hydrogen-bond acceptors (Lipinski definition) is 3. The van der Waals surface area contributed by atoms with Crippen LogP contribution in [0.15, 0.2) is 0 Å². The Morgan fingerprint density at radius 2 is 1.62 bits per heavy atom. The van der Waals surface area contributed by atoms with Crippen LogP contribution in [0.2, 0.25) is 0 Å². The molecule has 11 atom stereocenters. The molecule has 3 heteroatoms. The largest absolute Gasteiger partial charge is 0.396 e. The van der Waals surface area contributed by atoms with Crippen molar-refractivity contribution in [2.45, 2.75) is 104 Å². The summed E-state index contributed by atoms with van der Waals surface area (Å²) in [6, 6.07) is 0. The standard InChI is InChI=1S/C26H46O3/c1-5-18-22-15-17(28)10-12-26(22,4)21-11-13-25(3)19(16(2)7-6-14-27)8-9-20(25)23(21)24(18)29/h16-24,27-29H,5-15H2,1-4H3/t16-,17-,18+,19-,20+,21+,22+,23+,24+,25-,26-/m1/s1. The average molecular weight is 407 g/mol. The first-order chi connectivity index (χ1) is 13.8. The number of fused-ring (bicyclic) bond motifs is 5. The molecule has 0 aromatic carbocycles. The van der Waals surface area contributed by atoms with E-state index in [9.17, 15) is 15.3 Å². The summed E-state index contributed by atoms with van der Waals surface area (Å²) in [6.45, 7) is 10.0. The highest BCUT2D eigenvalue weighted by Crippen LogP contribution is 2.69. The van der Waals surface area contributed by atoms with Gasteiger partial charge < -0.3 is 15.3 Å². The predicted molar refractivity (Wildman–Crippen MR) is 117 cm³/mol. The zero-order chi connectivity index (χ0) is 21.0. The van der Waals surface area contributed by atoms with Gasteiger partial charge >= 0.3 is 0 Å². The number of aliphatic hydroxyl groups excluding tert-OH is 3. The van der Waals surface area contributed by atoms with Crippen molar-refractivity contribution in [2.24, 2.45) is 52.3 Å². The van der Waals surface area contributed by atoms with Crippen LogP contribution in [-0.2, 0) is 0 Å². The highest BCUT2D eigenvalue weighted by atomic mass is 16.3. The fourth-order valence-corrected chi connectivity index (χ4v) is 9.55. The summed E-state index contributed by atoms with van der Waals surface area (Å²) in [5.74, 6) is 3.97. The van der Waals surface area contributed by atoms with Crippen LogP contribution in [0.5, 0.6) is 0 Å². The van der Waals surface area contributed by atoms with Crippen LogP contribution in [0.3, 0.4) is 0 Å². The van der Waals surface area contributed by atoms with E-state index in [1.165, 1.54) is 25.7 Å². The van der Waals surface area contributed by atoms with Crippen LogP contribution in [-0.4, -0.2) is 34.1 Å². The summed E-state index contributed by atoms with van der Waals surface area (Å²) < 4.78 is 0. The van der Waals surface area contributed by atoms with Gasteiger partial charge in [-0.3, -0.25) is 0 Å². The minimum Gasteiger partial charge on any atom is -0.396 e. The van der Waals surface area contributed by atoms with E-state index < -0.39 is 0 Å². The first-order valence-electron chi connectivity index (χ1n) is 12.7. The minimum absolute atomic E-state index is 0.164. The Bertz CT molecular complexity index is 578. The zero-order valence-corrected chi connectivity index (χ0v) is 19.3. The fraction of sp³-hybridized carbons (Fsp3) is 1.00. The Kier molecular flexibility index (Phi) is 6.17. The third-order valence-corrected chi connectivity index (χ3v) is 11.0. The Labute approximate surface area is 178 Å². The van der Waals surface area contributed by atoms with Gasteiger partial charge in [0.05, 0.1) is 12.2 Å². The Hall–Kier alpha value is -0.120. The van der Waals surface area contributed by atoms with E-state index in [1.54, 1.807) is 0 Å². The van der Waals surface area contributed by atoms with Crippen LogP contribution >= 0.6 is 0 Å². The Morgan fingerprint density at radius 1 is 0.931 bits per heavy atom. The molecule has 0 amide bonds. The van der Waals surface area contributed by atoms with Gasteiger partial charge in [0.2, 0.25) is 0 Å². The van der Waals surface area contributed by atoms with E-state index in [0.717, 1.165) is 44.4 Å².